The van der Waals surface area contributed by atoms with Gasteiger partial charge in [0.15, 0.2) is 5.65 Å². The molecule has 0 spiro atoms. The fourth-order valence-electron chi connectivity index (χ4n) is 3.40. The fourth-order valence-corrected chi connectivity index (χ4v) is 3.40. The maximum absolute atomic E-state index is 12.5. The summed E-state index contributed by atoms with van der Waals surface area (Å²) in [6, 6.07) is 9.63. The molecule has 1 aliphatic rings. The van der Waals surface area contributed by atoms with Crippen LogP contribution >= 0.6 is 0 Å². The van der Waals surface area contributed by atoms with Gasteiger partial charge in [-0.1, -0.05) is 24.3 Å². The summed E-state index contributed by atoms with van der Waals surface area (Å²) < 4.78 is 1.80. The van der Waals surface area contributed by atoms with Crippen molar-refractivity contribution < 1.29 is 4.79 Å². The third-order valence-electron chi connectivity index (χ3n) is 4.59. The Bertz CT molecular complexity index is 936. The van der Waals surface area contributed by atoms with Crippen LogP contribution in [0.15, 0.2) is 55.5 Å². The van der Waals surface area contributed by atoms with Gasteiger partial charge < -0.3 is 10.2 Å². The lowest BCUT2D eigenvalue weighted by Crippen LogP contribution is -2.43. The molecule has 1 aromatic carbocycles. The molecule has 1 saturated heterocycles. The number of hydrogen-bond acceptors (Lipinski definition) is 5. The van der Waals surface area contributed by atoms with Crippen LogP contribution in [0.25, 0.3) is 16.7 Å². The Morgan fingerprint density at radius 2 is 2.15 bits per heavy atom. The van der Waals surface area contributed by atoms with Gasteiger partial charge in [-0.05, 0) is 25.0 Å². The first kappa shape index (κ1) is 16.3. The van der Waals surface area contributed by atoms with Crippen molar-refractivity contribution in [3.8, 4) is 5.69 Å². The number of hydrogen-bond donors (Lipinski definition) is 1. The zero-order valence-corrected chi connectivity index (χ0v) is 14.4. The smallest absolute Gasteiger partial charge is 0.243 e. The van der Waals surface area contributed by atoms with Crippen LogP contribution in [0.1, 0.15) is 12.8 Å². The first-order valence-corrected chi connectivity index (χ1v) is 8.69. The minimum Gasteiger partial charge on any atom is -0.351 e. The number of benzene rings is 1. The van der Waals surface area contributed by atoms with Crippen LogP contribution in [0.5, 0.6) is 0 Å². The van der Waals surface area contributed by atoms with E-state index in [2.05, 4.69) is 31.9 Å². The molecule has 26 heavy (non-hydrogen) atoms. The number of carbonyl (C=O) groups excluding carboxylic acids is 1. The fraction of sp³-hybridized carbons (Fsp3) is 0.263. The van der Waals surface area contributed by atoms with E-state index in [1.807, 2.05) is 30.3 Å². The average Bonchev–Trinajstić information content (AvgIpc) is 3.33. The number of nitrogens with one attached hydrogen (secondary N) is 1. The molecule has 0 radical (unpaired) electrons. The minimum absolute atomic E-state index is 0.00427. The highest BCUT2D eigenvalue weighted by atomic mass is 16.2. The Balaban J connectivity index is 1.72. The number of nitrogens with zero attached hydrogens (tertiary/aromatic N) is 5. The van der Waals surface area contributed by atoms with Gasteiger partial charge >= 0.3 is 0 Å². The van der Waals surface area contributed by atoms with E-state index < -0.39 is 0 Å². The average molecular weight is 348 g/mol. The number of fused-ring (bicyclic) bond motifs is 1. The largest absolute Gasteiger partial charge is 0.351 e. The molecular formula is C19H20N6O. The van der Waals surface area contributed by atoms with Crippen molar-refractivity contribution in [2.45, 2.75) is 18.9 Å². The molecule has 1 atom stereocenters. The van der Waals surface area contributed by atoms with E-state index >= 15 is 0 Å². The maximum Gasteiger partial charge on any atom is 0.243 e. The maximum atomic E-state index is 12.5. The first-order valence-electron chi connectivity index (χ1n) is 8.69. The van der Waals surface area contributed by atoms with Gasteiger partial charge in [0.25, 0.3) is 0 Å². The van der Waals surface area contributed by atoms with Crippen molar-refractivity contribution in [3.63, 3.8) is 0 Å². The SMILES string of the molecule is C=CCNC(=O)[C@@H]1CCCN1c1ncnc2c1cnn2-c1ccccc1. The Labute approximate surface area is 151 Å². The van der Waals surface area contributed by atoms with Crippen molar-refractivity contribution in [2.24, 2.45) is 0 Å². The highest BCUT2D eigenvalue weighted by Gasteiger charge is 2.32. The number of amides is 1. The molecule has 7 nitrogen and oxygen atoms in total. The summed E-state index contributed by atoms with van der Waals surface area (Å²) in [5.74, 6) is 0.762. The minimum atomic E-state index is -0.229. The summed E-state index contributed by atoms with van der Waals surface area (Å²) in [5.41, 5.74) is 1.67. The number of rotatable bonds is 5. The van der Waals surface area contributed by atoms with Crippen LogP contribution in [0.3, 0.4) is 0 Å². The summed E-state index contributed by atoms with van der Waals surface area (Å²) in [6.45, 7) is 4.90. The summed E-state index contributed by atoms with van der Waals surface area (Å²) >= 11 is 0. The quantitative estimate of drug-likeness (QED) is 0.715. The summed E-state index contributed by atoms with van der Waals surface area (Å²) in [5, 5.41) is 8.23. The second-order valence-electron chi connectivity index (χ2n) is 6.21. The Morgan fingerprint density at radius 1 is 1.31 bits per heavy atom. The summed E-state index contributed by atoms with van der Waals surface area (Å²) in [4.78, 5) is 23.4. The van der Waals surface area contributed by atoms with Crippen LogP contribution < -0.4 is 10.2 Å². The van der Waals surface area contributed by atoms with Crippen LogP contribution in [-0.4, -0.2) is 44.8 Å². The van der Waals surface area contributed by atoms with E-state index in [-0.39, 0.29) is 11.9 Å². The predicted octanol–water partition coefficient (Wildman–Crippen LogP) is 2.09. The second-order valence-corrected chi connectivity index (χ2v) is 6.21. The zero-order chi connectivity index (χ0) is 17.9. The van der Waals surface area contributed by atoms with Crippen molar-refractivity contribution in [3.05, 3.63) is 55.5 Å². The van der Waals surface area contributed by atoms with E-state index in [9.17, 15) is 4.79 Å². The molecule has 1 aliphatic heterocycles. The molecule has 0 unspecified atom stereocenters. The van der Waals surface area contributed by atoms with E-state index in [0.717, 1.165) is 41.9 Å². The van der Waals surface area contributed by atoms with Crippen molar-refractivity contribution in [1.82, 2.24) is 25.1 Å². The molecule has 7 heteroatoms. The van der Waals surface area contributed by atoms with Gasteiger partial charge in [-0.2, -0.15) is 5.10 Å². The predicted molar refractivity (Wildman–Crippen MR) is 100 cm³/mol. The van der Waals surface area contributed by atoms with Crippen LogP contribution in [0, 0.1) is 0 Å². The first-order chi connectivity index (χ1) is 12.8. The number of para-hydroxylation sites is 1. The van der Waals surface area contributed by atoms with Gasteiger partial charge in [0, 0.05) is 13.1 Å². The molecule has 132 valence electrons. The van der Waals surface area contributed by atoms with Gasteiger partial charge in [0.05, 0.1) is 17.3 Å². The number of carbonyl (C=O) groups is 1. The molecule has 4 rings (SSSR count). The normalized spacial score (nSPS) is 16.8. The molecule has 3 aromatic rings. The van der Waals surface area contributed by atoms with Gasteiger partial charge in [0.2, 0.25) is 5.91 Å². The molecule has 0 bridgehead atoms. The zero-order valence-electron chi connectivity index (χ0n) is 14.4. The highest BCUT2D eigenvalue weighted by molar-refractivity contribution is 5.92. The van der Waals surface area contributed by atoms with Gasteiger partial charge in [-0.25, -0.2) is 14.6 Å². The molecule has 3 heterocycles. The van der Waals surface area contributed by atoms with Gasteiger partial charge in [-0.15, -0.1) is 6.58 Å². The standard InChI is InChI=1S/C19H20N6O/c1-2-10-20-19(26)16-9-6-11-24(16)17-15-12-23-25(18(15)22-13-21-17)14-7-4-3-5-8-14/h2-5,7-8,12-13,16H,1,6,9-11H2,(H,20,26)/t16-/m0/s1. The van der Waals surface area contributed by atoms with Gasteiger partial charge in [0.1, 0.15) is 18.2 Å². The van der Waals surface area contributed by atoms with Gasteiger partial charge in [-0.3, -0.25) is 4.79 Å². The number of aromatic nitrogens is 4. The van der Waals surface area contributed by atoms with Crippen molar-refractivity contribution in [2.75, 3.05) is 18.0 Å². The lowest BCUT2D eigenvalue weighted by Gasteiger charge is -2.25. The van der Waals surface area contributed by atoms with E-state index in [1.165, 1.54) is 6.33 Å². The van der Waals surface area contributed by atoms with Crippen LogP contribution in [0.4, 0.5) is 5.82 Å². The topological polar surface area (TPSA) is 75.9 Å². The summed E-state index contributed by atoms with van der Waals surface area (Å²) in [6.07, 6.45) is 6.75. The molecule has 0 aliphatic carbocycles. The van der Waals surface area contributed by atoms with E-state index in [4.69, 9.17) is 0 Å². The molecule has 1 amide bonds. The molecular weight excluding hydrogens is 328 g/mol. The molecule has 1 fully saturated rings. The third-order valence-corrected chi connectivity index (χ3v) is 4.59. The molecule has 2 aromatic heterocycles. The monoisotopic (exact) mass is 348 g/mol. The second kappa shape index (κ2) is 6.95. The van der Waals surface area contributed by atoms with Crippen LogP contribution in [-0.2, 0) is 4.79 Å². The lowest BCUT2D eigenvalue weighted by atomic mass is 10.2. The van der Waals surface area contributed by atoms with Crippen molar-refractivity contribution in [1.29, 1.82) is 0 Å². The Hall–Kier alpha value is -3.22. The number of anilines is 1. The van der Waals surface area contributed by atoms with E-state index in [1.54, 1.807) is 17.0 Å². The molecule has 1 N–H and O–H groups in total. The Morgan fingerprint density at radius 3 is 2.96 bits per heavy atom. The Kier molecular flexibility index (Phi) is 4.35. The lowest BCUT2D eigenvalue weighted by molar-refractivity contribution is -0.121. The van der Waals surface area contributed by atoms with E-state index in [0.29, 0.717) is 6.54 Å². The van der Waals surface area contributed by atoms with Crippen LogP contribution in [0.2, 0.25) is 0 Å². The molecule has 0 saturated carbocycles. The summed E-state index contributed by atoms with van der Waals surface area (Å²) in [7, 11) is 0. The highest BCUT2D eigenvalue weighted by Crippen LogP contribution is 2.30. The third kappa shape index (κ3) is 2.81. The van der Waals surface area contributed by atoms with Crippen molar-refractivity contribution >= 4 is 22.8 Å².